The molecule has 1 saturated heterocycles. The minimum Gasteiger partial charge on any atom is -0.309 e. The van der Waals surface area contributed by atoms with Gasteiger partial charge < -0.3 is 14.4 Å². The topological polar surface area (TPSA) is 40.4 Å². The summed E-state index contributed by atoms with van der Waals surface area (Å²) in [6.07, 6.45) is 8.56. The van der Waals surface area contributed by atoms with Crippen molar-refractivity contribution >= 4 is 17.2 Å². The predicted molar refractivity (Wildman–Crippen MR) is 147 cm³/mol. The Bertz CT molecular complexity index is 1100. The molecule has 1 fully saturated rings. The summed E-state index contributed by atoms with van der Waals surface area (Å²) in [5.74, 6) is 1.07. The number of hydrogen-bond donors (Lipinski definition) is 0. The molecule has 1 aliphatic heterocycles. The fourth-order valence-corrected chi connectivity index (χ4v) is 5.06. The highest BCUT2D eigenvalue weighted by molar-refractivity contribution is 5.72. The second kappa shape index (κ2) is 11.5. The summed E-state index contributed by atoms with van der Waals surface area (Å²) in [5.41, 5.74) is 4.20. The van der Waals surface area contributed by atoms with Gasteiger partial charge in [-0.1, -0.05) is 43.3 Å². The van der Waals surface area contributed by atoms with E-state index in [0.29, 0.717) is 0 Å². The van der Waals surface area contributed by atoms with Crippen molar-refractivity contribution in [3.63, 3.8) is 0 Å². The van der Waals surface area contributed by atoms with Crippen molar-refractivity contribution in [2.75, 3.05) is 59.9 Å². The number of hydrogen-bond acceptors (Lipinski definition) is 5. The molecule has 0 radical (unpaired) electrons. The molecular formula is C29H42N6. The van der Waals surface area contributed by atoms with Gasteiger partial charge in [0, 0.05) is 45.3 Å². The molecule has 4 rings (SSSR count). The van der Waals surface area contributed by atoms with Crippen LogP contribution in [0, 0.1) is 0 Å². The molecule has 1 aliphatic rings. The number of piperazine rings is 1. The Balaban J connectivity index is 1.34. The Morgan fingerprint density at radius 1 is 1.00 bits per heavy atom. The molecule has 1 aromatic carbocycles. The summed E-state index contributed by atoms with van der Waals surface area (Å²) < 4.78 is 2.30. The maximum absolute atomic E-state index is 4.83. The normalized spacial score (nSPS) is 16.2. The first kappa shape index (κ1) is 25.5. The minimum atomic E-state index is -0.233. The molecule has 3 aromatic rings. The number of imidazole rings is 1. The molecule has 35 heavy (non-hydrogen) atoms. The lowest BCUT2D eigenvalue weighted by molar-refractivity contribution is 0.139. The zero-order valence-electron chi connectivity index (χ0n) is 22.2. The zero-order chi connectivity index (χ0) is 24.8. The Kier molecular flexibility index (Phi) is 8.37. The Morgan fingerprint density at radius 3 is 2.40 bits per heavy atom. The number of benzene rings is 1. The van der Waals surface area contributed by atoms with E-state index in [9.17, 15) is 0 Å². The quantitative estimate of drug-likeness (QED) is 0.437. The summed E-state index contributed by atoms with van der Waals surface area (Å²) in [6, 6.07) is 13.0. The fraction of sp³-hybridized carbons (Fsp3) is 0.517. The summed E-state index contributed by atoms with van der Waals surface area (Å²) in [7, 11) is 4.31. The molecule has 0 aliphatic carbocycles. The third-order valence-electron chi connectivity index (χ3n) is 7.20. The van der Waals surface area contributed by atoms with E-state index in [1.165, 1.54) is 43.7 Å². The molecule has 0 atom stereocenters. The first-order valence-electron chi connectivity index (χ1n) is 13.1. The zero-order valence-corrected chi connectivity index (χ0v) is 22.2. The van der Waals surface area contributed by atoms with E-state index < -0.39 is 0 Å². The van der Waals surface area contributed by atoms with Crippen molar-refractivity contribution in [1.82, 2.24) is 29.2 Å². The molecule has 3 heterocycles. The summed E-state index contributed by atoms with van der Waals surface area (Å²) in [4.78, 5) is 16.9. The summed E-state index contributed by atoms with van der Waals surface area (Å²) in [5, 5.41) is 0. The molecule has 0 spiro atoms. The van der Waals surface area contributed by atoms with Gasteiger partial charge in [-0.05, 0) is 70.7 Å². The number of aryl methyl sites for hydroxylation is 1. The molecule has 0 unspecified atom stereocenters. The predicted octanol–water partition coefficient (Wildman–Crippen LogP) is 4.36. The van der Waals surface area contributed by atoms with Gasteiger partial charge in [0.25, 0.3) is 0 Å². The van der Waals surface area contributed by atoms with Crippen LogP contribution in [-0.2, 0) is 12.0 Å². The van der Waals surface area contributed by atoms with Gasteiger partial charge in [-0.3, -0.25) is 4.90 Å². The van der Waals surface area contributed by atoms with Crippen LogP contribution in [0.15, 0.2) is 48.7 Å². The molecule has 0 amide bonds. The standard InChI is InChI=1S/C29H42N6/c1-6-27-31-26-11-7-16-30-28(26)35(27)29(2,3)25-14-12-24(13-15-25)10-8-18-33-20-22-34(23-21-33)19-9-17-32(4)5/h7-8,10-16H,6,9,17-23H2,1-5H3. The van der Waals surface area contributed by atoms with Gasteiger partial charge in [-0.2, -0.15) is 0 Å². The molecule has 188 valence electrons. The molecule has 6 nitrogen and oxygen atoms in total. The first-order valence-corrected chi connectivity index (χ1v) is 13.1. The van der Waals surface area contributed by atoms with E-state index in [2.05, 4.69) is 95.5 Å². The van der Waals surface area contributed by atoms with Crippen molar-refractivity contribution < 1.29 is 0 Å². The van der Waals surface area contributed by atoms with E-state index in [4.69, 9.17) is 4.98 Å². The Labute approximate surface area is 211 Å². The van der Waals surface area contributed by atoms with Crippen LogP contribution in [0.5, 0.6) is 0 Å². The van der Waals surface area contributed by atoms with Gasteiger partial charge in [0.15, 0.2) is 5.65 Å². The molecule has 6 heteroatoms. The smallest absolute Gasteiger partial charge is 0.160 e. The van der Waals surface area contributed by atoms with Gasteiger partial charge in [0.2, 0.25) is 0 Å². The second-order valence-corrected chi connectivity index (χ2v) is 10.4. The van der Waals surface area contributed by atoms with Crippen LogP contribution in [0.25, 0.3) is 17.2 Å². The monoisotopic (exact) mass is 474 g/mol. The van der Waals surface area contributed by atoms with Crippen molar-refractivity contribution in [3.8, 4) is 0 Å². The number of aromatic nitrogens is 3. The molecule has 2 aromatic heterocycles. The SMILES string of the molecule is CCc1nc2cccnc2n1C(C)(C)c1ccc(C=CCN2CCN(CCCN(C)C)CC2)cc1. The average molecular weight is 475 g/mol. The van der Waals surface area contributed by atoms with Crippen molar-refractivity contribution in [2.24, 2.45) is 0 Å². The van der Waals surface area contributed by atoms with E-state index >= 15 is 0 Å². The van der Waals surface area contributed by atoms with Crippen LogP contribution in [0.2, 0.25) is 0 Å². The fourth-order valence-electron chi connectivity index (χ4n) is 5.06. The lowest BCUT2D eigenvalue weighted by Gasteiger charge is -2.34. The average Bonchev–Trinajstić information content (AvgIpc) is 3.25. The van der Waals surface area contributed by atoms with Gasteiger partial charge >= 0.3 is 0 Å². The van der Waals surface area contributed by atoms with Crippen molar-refractivity contribution in [2.45, 2.75) is 39.2 Å². The highest BCUT2D eigenvalue weighted by atomic mass is 15.3. The van der Waals surface area contributed by atoms with Gasteiger partial charge in [-0.25, -0.2) is 9.97 Å². The third-order valence-corrected chi connectivity index (χ3v) is 7.20. The van der Waals surface area contributed by atoms with Crippen LogP contribution < -0.4 is 0 Å². The number of pyridine rings is 1. The maximum Gasteiger partial charge on any atom is 0.160 e. The summed E-state index contributed by atoms with van der Waals surface area (Å²) >= 11 is 0. The lowest BCUT2D eigenvalue weighted by Crippen LogP contribution is -2.46. The largest absolute Gasteiger partial charge is 0.309 e. The second-order valence-electron chi connectivity index (χ2n) is 10.4. The Morgan fingerprint density at radius 2 is 1.71 bits per heavy atom. The van der Waals surface area contributed by atoms with Crippen LogP contribution in [0.4, 0.5) is 0 Å². The highest BCUT2D eigenvalue weighted by Crippen LogP contribution is 2.31. The minimum absolute atomic E-state index is 0.233. The molecule has 0 N–H and O–H groups in total. The lowest BCUT2D eigenvalue weighted by atomic mass is 9.92. The number of rotatable bonds is 10. The third kappa shape index (κ3) is 6.18. The van der Waals surface area contributed by atoms with Crippen LogP contribution in [-0.4, -0.2) is 89.1 Å². The number of fused-ring (bicyclic) bond motifs is 1. The first-order chi connectivity index (χ1) is 16.9. The molecule has 0 bridgehead atoms. The van der Waals surface area contributed by atoms with Crippen molar-refractivity contribution in [1.29, 1.82) is 0 Å². The van der Waals surface area contributed by atoms with E-state index in [-0.39, 0.29) is 5.54 Å². The van der Waals surface area contributed by atoms with Crippen molar-refractivity contribution in [3.05, 3.63) is 65.6 Å². The Hall–Kier alpha value is -2.54. The molecular weight excluding hydrogens is 432 g/mol. The van der Waals surface area contributed by atoms with Gasteiger partial charge in [0.1, 0.15) is 11.3 Å². The van der Waals surface area contributed by atoms with Crippen LogP contribution in [0.3, 0.4) is 0 Å². The van der Waals surface area contributed by atoms with Crippen LogP contribution in [0.1, 0.15) is 44.1 Å². The molecule has 0 saturated carbocycles. The maximum atomic E-state index is 4.83. The van der Waals surface area contributed by atoms with Crippen LogP contribution >= 0.6 is 0 Å². The van der Waals surface area contributed by atoms with E-state index in [0.717, 1.165) is 43.0 Å². The number of nitrogens with zero attached hydrogens (tertiary/aromatic N) is 6. The highest BCUT2D eigenvalue weighted by Gasteiger charge is 2.28. The van der Waals surface area contributed by atoms with E-state index in [1.807, 2.05) is 18.3 Å². The van der Waals surface area contributed by atoms with E-state index in [1.54, 1.807) is 0 Å². The van der Waals surface area contributed by atoms with Gasteiger partial charge in [0.05, 0.1) is 5.54 Å². The van der Waals surface area contributed by atoms with Gasteiger partial charge in [-0.15, -0.1) is 0 Å². The summed E-state index contributed by atoms with van der Waals surface area (Å²) in [6.45, 7) is 14.8.